The van der Waals surface area contributed by atoms with Gasteiger partial charge in [0.15, 0.2) is 5.82 Å². The Morgan fingerprint density at radius 1 is 1.18 bits per heavy atom. The fraction of sp³-hybridized carbons (Fsp3) is 0.600. The van der Waals surface area contributed by atoms with Gasteiger partial charge in [-0.25, -0.2) is 4.98 Å². The number of hydrogen-bond acceptors (Lipinski definition) is 7. The van der Waals surface area contributed by atoms with Crippen LogP contribution in [0.25, 0.3) is 11.5 Å². The maximum absolute atomic E-state index is 12.2. The van der Waals surface area contributed by atoms with Crippen molar-refractivity contribution in [2.24, 2.45) is 5.92 Å². The molecule has 1 amide bonds. The minimum atomic E-state index is 0.0459. The van der Waals surface area contributed by atoms with E-state index in [4.69, 9.17) is 14.0 Å². The third kappa shape index (κ3) is 3.73. The van der Waals surface area contributed by atoms with Crippen LogP contribution in [0, 0.1) is 5.92 Å². The number of rotatable bonds is 5. The van der Waals surface area contributed by atoms with Crippen LogP contribution >= 0.6 is 0 Å². The van der Waals surface area contributed by atoms with Gasteiger partial charge in [-0.1, -0.05) is 5.16 Å². The van der Waals surface area contributed by atoms with Crippen LogP contribution in [-0.4, -0.2) is 58.3 Å². The molecule has 148 valence electrons. The molecule has 0 spiro atoms. The highest BCUT2D eigenvalue weighted by Gasteiger charge is 2.35. The molecule has 1 atom stereocenters. The average molecular weight is 384 g/mol. The molecule has 0 radical (unpaired) electrons. The van der Waals surface area contributed by atoms with E-state index in [-0.39, 0.29) is 17.9 Å². The third-order valence-electron chi connectivity index (χ3n) is 5.70. The van der Waals surface area contributed by atoms with E-state index in [1.807, 2.05) is 17.0 Å². The number of pyridine rings is 1. The molecule has 0 N–H and O–H groups in total. The lowest BCUT2D eigenvalue weighted by Crippen LogP contribution is -2.38. The summed E-state index contributed by atoms with van der Waals surface area (Å²) < 4.78 is 16.7. The molecule has 1 saturated carbocycles. The highest BCUT2D eigenvalue weighted by molar-refractivity contribution is 5.81. The Balaban J connectivity index is 1.23. The first-order valence-corrected chi connectivity index (χ1v) is 10.1. The van der Waals surface area contributed by atoms with Crippen molar-refractivity contribution in [2.45, 2.75) is 44.1 Å². The first-order chi connectivity index (χ1) is 13.8. The zero-order valence-corrected chi connectivity index (χ0v) is 15.7. The molecule has 28 heavy (non-hydrogen) atoms. The molecule has 1 aliphatic carbocycles. The molecule has 4 heterocycles. The van der Waals surface area contributed by atoms with E-state index in [0.717, 1.165) is 63.2 Å². The van der Waals surface area contributed by atoms with Gasteiger partial charge in [0, 0.05) is 49.2 Å². The summed E-state index contributed by atoms with van der Waals surface area (Å²) >= 11 is 0. The molecule has 8 nitrogen and oxygen atoms in total. The lowest BCUT2D eigenvalue weighted by molar-refractivity contribution is -0.133. The Morgan fingerprint density at radius 2 is 2.04 bits per heavy atom. The molecule has 2 saturated heterocycles. The number of carbonyl (C=O) groups is 1. The Hall–Kier alpha value is -2.48. The van der Waals surface area contributed by atoms with E-state index in [0.29, 0.717) is 24.3 Å². The molecular weight excluding hydrogens is 360 g/mol. The van der Waals surface area contributed by atoms with Crippen LogP contribution < -0.4 is 4.74 Å². The second-order valence-corrected chi connectivity index (χ2v) is 7.82. The molecule has 3 fully saturated rings. The number of aromatic nitrogens is 3. The SMILES string of the molecule is O=C(C1CC1)N1CCC(c2noc(-c3ccnc(O[C@@H]4CCOC4)c3)n2)CC1. The summed E-state index contributed by atoms with van der Waals surface area (Å²) in [5, 5.41) is 4.20. The standard InChI is InChI=1S/C20H24N4O4/c25-20(14-1-2-14)24-8-4-13(5-9-24)18-22-19(28-23-18)15-3-7-21-17(11-15)27-16-6-10-26-12-16/h3,7,11,13-14,16H,1-2,4-6,8-10,12H2/t16-/m1/s1. The largest absolute Gasteiger partial charge is 0.472 e. The number of carbonyl (C=O) groups excluding carboxylic acids is 1. The topological polar surface area (TPSA) is 90.6 Å². The summed E-state index contributed by atoms with van der Waals surface area (Å²) in [4.78, 5) is 23.1. The van der Waals surface area contributed by atoms with Gasteiger partial charge in [-0.05, 0) is 31.7 Å². The van der Waals surface area contributed by atoms with Crippen molar-refractivity contribution in [2.75, 3.05) is 26.3 Å². The Bertz CT molecular complexity index is 836. The first kappa shape index (κ1) is 17.6. The van der Waals surface area contributed by atoms with Crippen LogP contribution in [0.3, 0.4) is 0 Å². The fourth-order valence-electron chi connectivity index (χ4n) is 3.85. The zero-order valence-electron chi connectivity index (χ0n) is 15.7. The quantitative estimate of drug-likeness (QED) is 0.782. The summed E-state index contributed by atoms with van der Waals surface area (Å²) in [6, 6.07) is 3.67. The van der Waals surface area contributed by atoms with Crippen LogP contribution in [0.4, 0.5) is 0 Å². The van der Waals surface area contributed by atoms with Crippen molar-refractivity contribution in [3.8, 4) is 17.3 Å². The molecular formula is C20H24N4O4. The third-order valence-corrected chi connectivity index (χ3v) is 5.70. The van der Waals surface area contributed by atoms with Crippen LogP contribution in [0.15, 0.2) is 22.9 Å². The molecule has 0 unspecified atom stereocenters. The van der Waals surface area contributed by atoms with Gasteiger partial charge < -0.3 is 18.9 Å². The van der Waals surface area contributed by atoms with Gasteiger partial charge in [0.2, 0.25) is 11.8 Å². The second kappa shape index (κ2) is 7.50. The minimum Gasteiger partial charge on any atom is -0.472 e. The highest BCUT2D eigenvalue weighted by atomic mass is 16.5. The number of piperidine rings is 1. The first-order valence-electron chi connectivity index (χ1n) is 10.1. The molecule has 2 aromatic heterocycles. The summed E-state index contributed by atoms with van der Waals surface area (Å²) in [5.41, 5.74) is 0.795. The predicted octanol–water partition coefficient (Wildman–Crippen LogP) is 2.42. The number of hydrogen-bond donors (Lipinski definition) is 0. The Labute approximate surface area is 163 Å². The zero-order chi connectivity index (χ0) is 18.9. The highest BCUT2D eigenvalue weighted by Crippen LogP contribution is 2.34. The van der Waals surface area contributed by atoms with E-state index < -0.39 is 0 Å². The lowest BCUT2D eigenvalue weighted by atomic mass is 9.96. The van der Waals surface area contributed by atoms with E-state index in [9.17, 15) is 4.79 Å². The van der Waals surface area contributed by atoms with Gasteiger partial charge in [0.25, 0.3) is 5.89 Å². The summed E-state index contributed by atoms with van der Waals surface area (Å²) in [5.74, 6) is 2.57. The Morgan fingerprint density at radius 3 is 2.79 bits per heavy atom. The molecule has 8 heteroatoms. The van der Waals surface area contributed by atoms with Gasteiger partial charge in [0.05, 0.1) is 13.2 Å². The Kier molecular flexibility index (Phi) is 4.72. The average Bonchev–Trinajstić information content (AvgIpc) is 3.23. The van der Waals surface area contributed by atoms with Gasteiger partial charge in [-0.15, -0.1) is 0 Å². The summed E-state index contributed by atoms with van der Waals surface area (Å²) in [6.07, 6.45) is 6.47. The number of nitrogens with zero attached hydrogens (tertiary/aromatic N) is 4. The number of likely N-dealkylation sites (tertiary alicyclic amines) is 1. The number of amides is 1. The van der Waals surface area contributed by atoms with Crippen LogP contribution in [0.1, 0.15) is 43.8 Å². The maximum atomic E-state index is 12.2. The van der Waals surface area contributed by atoms with Gasteiger partial charge in [-0.3, -0.25) is 4.79 Å². The monoisotopic (exact) mass is 384 g/mol. The number of ether oxygens (including phenoxy) is 2. The van der Waals surface area contributed by atoms with Crippen molar-refractivity contribution >= 4 is 5.91 Å². The lowest BCUT2D eigenvalue weighted by Gasteiger charge is -2.30. The molecule has 2 aliphatic heterocycles. The van der Waals surface area contributed by atoms with Crippen molar-refractivity contribution in [1.82, 2.24) is 20.0 Å². The van der Waals surface area contributed by atoms with Gasteiger partial charge in [-0.2, -0.15) is 4.98 Å². The van der Waals surface area contributed by atoms with Crippen molar-refractivity contribution in [1.29, 1.82) is 0 Å². The van der Waals surface area contributed by atoms with Gasteiger partial charge >= 0.3 is 0 Å². The van der Waals surface area contributed by atoms with E-state index in [1.54, 1.807) is 6.20 Å². The van der Waals surface area contributed by atoms with E-state index >= 15 is 0 Å². The van der Waals surface area contributed by atoms with Crippen molar-refractivity contribution in [3.05, 3.63) is 24.2 Å². The molecule has 3 aliphatic rings. The van der Waals surface area contributed by atoms with Crippen LogP contribution in [-0.2, 0) is 9.53 Å². The summed E-state index contributed by atoms with van der Waals surface area (Å²) in [7, 11) is 0. The normalized spacial score (nSPS) is 23.1. The maximum Gasteiger partial charge on any atom is 0.258 e. The molecule has 5 rings (SSSR count). The van der Waals surface area contributed by atoms with Gasteiger partial charge in [0.1, 0.15) is 6.10 Å². The van der Waals surface area contributed by atoms with Crippen LogP contribution in [0.2, 0.25) is 0 Å². The molecule has 0 aromatic carbocycles. The van der Waals surface area contributed by atoms with E-state index in [1.165, 1.54) is 0 Å². The summed E-state index contributed by atoms with van der Waals surface area (Å²) in [6.45, 7) is 2.88. The molecule has 2 aromatic rings. The van der Waals surface area contributed by atoms with Crippen LogP contribution in [0.5, 0.6) is 5.88 Å². The smallest absolute Gasteiger partial charge is 0.258 e. The second-order valence-electron chi connectivity index (χ2n) is 7.82. The minimum absolute atomic E-state index is 0.0459. The fourth-order valence-corrected chi connectivity index (χ4v) is 3.85. The predicted molar refractivity (Wildman–Crippen MR) is 98.7 cm³/mol. The van der Waals surface area contributed by atoms with E-state index in [2.05, 4.69) is 15.1 Å². The van der Waals surface area contributed by atoms with Crippen molar-refractivity contribution < 1.29 is 18.8 Å². The molecule has 0 bridgehead atoms. The van der Waals surface area contributed by atoms with Crippen molar-refractivity contribution in [3.63, 3.8) is 0 Å².